The van der Waals surface area contributed by atoms with Crippen LogP contribution in [-0.2, 0) is 0 Å². The van der Waals surface area contributed by atoms with Crippen molar-refractivity contribution in [2.45, 2.75) is 53.1 Å². The molecule has 1 nitrogen and oxygen atoms in total. The number of fused-ring (bicyclic) bond motifs is 2. The minimum absolute atomic E-state index is 0.0343. The first-order valence-electron chi connectivity index (χ1n) is 5.55. The summed E-state index contributed by atoms with van der Waals surface area (Å²) in [6.45, 7) is 9.52. The molecule has 2 aliphatic rings. The zero-order valence-electron chi connectivity index (χ0n) is 9.30. The third-order valence-corrected chi connectivity index (χ3v) is 5.15. The van der Waals surface area contributed by atoms with E-state index in [1.807, 2.05) is 0 Å². The van der Waals surface area contributed by atoms with Crippen molar-refractivity contribution in [3.63, 3.8) is 0 Å². The molecule has 4 unspecified atom stereocenters. The van der Waals surface area contributed by atoms with Gasteiger partial charge < -0.3 is 5.11 Å². The Bertz CT molecular complexity index is 217. The smallest absolute Gasteiger partial charge is 0.0548 e. The van der Waals surface area contributed by atoms with E-state index in [1.165, 1.54) is 6.42 Å². The monoisotopic (exact) mass is 182 g/mol. The van der Waals surface area contributed by atoms with Crippen molar-refractivity contribution in [2.75, 3.05) is 0 Å². The van der Waals surface area contributed by atoms with Crippen LogP contribution in [0.5, 0.6) is 0 Å². The van der Waals surface area contributed by atoms with Gasteiger partial charge in [0.2, 0.25) is 0 Å². The van der Waals surface area contributed by atoms with E-state index in [4.69, 9.17) is 0 Å². The van der Waals surface area contributed by atoms with Crippen molar-refractivity contribution < 1.29 is 5.11 Å². The fraction of sp³-hybridized carbons (Fsp3) is 1.00. The van der Waals surface area contributed by atoms with Gasteiger partial charge in [0.25, 0.3) is 0 Å². The quantitative estimate of drug-likeness (QED) is 0.611. The van der Waals surface area contributed by atoms with Crippen molar-refractivity contribution in [2.24, 2.45) is 22.7 Å². The largest absolute Gasteiger partial charge is 0.393 e. The molecule has 0 spiro atoms. The second kappa shape index (κ2) is 2.50. The van der Waals surface area contributed by atoms with Gasteiger partial charge in [-0.15, -0.1) is 0 Å². The molecular formula is C12H22O. The van der Waals surface area contributed by atoms with E-state index in [1.54, 1.807) is 0 Å². The molecule has 4 atom stereocenters. The Hall–Kier alpha value is -0.0400. The third-order valence-electron chi connectivity index (χ3n) is 5.15. The van der Waals surface area contributed by atoms with Crippen molar-refractivity contribution in [1.82, 2.24) is 0 Å². The number of hydrogen-bond acceptors (Lipinski definition) is 1. The highest BCUT2D eigenvalue weighted by molar-refractivity contribution is 5.07. The minimum Gasteiger partial charge on any atom is -0.393 e. The number of aliphatic hydroxyl groups excluding tert-OH is 1. The van der Waals surface area contributed by atoms with Gasteiger partial charge in [-0.2, -0.15) is 0 Å². The molecule has 13 heavy (non-hydrogen) atoms. The molecule has 0 aliphatic heterocycles. The van der Waals surface area contributed by atoms with Gasteiger partial charge in [0.05, 0.1) is 6.10 Å². The summed E-state index contributed by atoms with van der Waals surface area (Å²) in [5.74, 6) is 1.54. The first-order chi connectivity index (χ1) is 5.87. The molecular weight excluding hydrogens is 160 g/mol. The van der Waals surface area contributed by atoms with Crippen molar-refractivity contribution in [3.05, 3.63) is 0 Å². The fourth-order valence-corrected chi connectivity index (χ4v) is 4.04. The fourth-order valence-electron chi connectivity index (χ4n) is 4.04. The topological polar surface area (TPSA) is 20.2 Å². The highest BCUT2D eigenvalue weighted by Gasteiger charge is 2.58. The lowest BCUT2D eigenvalue weighted by Gasteiger charge is -2.48. The van der Waals surface area contributed by atoms with Crippen LogP contribution in [0.4, 0.5) is 0 Å². The summed E-state index contributed by atoms with van der Waals surface area (Å²) in [4.78, 5) is 0. The van der Waals surface area contributed by atoms with E-state index in [2.05, 4.69) is 27.7 Å². The summed E-state index contributed by atoms with van der Waals surface area (Å²) < 4.78 is 0. The molecule has 0 aromatic rings. The number of hydrogen-bond donors (Lipinski definition) is 1. The molecule has 0 amide bonds. The summed E-state index contributed by atoms with van der Waals surface area (Å²) in [5.41, 5.74) is 0.820. The van der Waals surface area contributed by atoms with E-state index in [9.17, 15) is 5.11 Å². The lowest BCUT2D eigenvalue weighted by molar-refractivity contribution is -0.0388. The van der Waals surface area contributed by atoms with Gasteiger partial charge in [0.15, 0.2) is 0 Å². The summed E-state index contributed by atoms with van der Waals surface area (Å²) in [6, 6.07) is 0. The molecule has 76 valence electrons. The molecule has 2 fully saturated rings. The van der Waals surface area contributed by atoms with Gasteiger partial charge in [-0.25, -0.2) is 0 Å². The van der Waals surface area contributed by atoms with Crippen LogP contribution in [0.2, 0.25) is 0 Å². The number of aliphatic hydroxyl groups is 1. The third kappa shape index (κ3) is 1.09. The SMILES string of the molecule is CC1CC2(C)CC(O)CC1C2(C)C. The summed E-state index contributed by atoms with van der Waals surface area (Å²) in [7, 11) is 0. The molecule has 1 heteroatoms. The maximum Gasteiger partial charge on any atom is 0.0548 e. The zero-order valence-corrected chi connectivity index (χ0v) is 9.30. The maximum atomic E-state index is 9.81. The van der Waals surface area contributed by atoms with Gasteiger partial charge in [-0.05, 0) is 41.9 Å². The standard InChI is InChI=1S/C12H22O/c1-8-6-12(4)7-9(13)5-10(8)11(12,2)3/h8-10,13H,5-7H2,1-4H3. The van der Waals surface area contributed by atoms with Crippen LogP contribution in [0, 0.1) is 22.7 Å². The number of rotatable bonds is 0. The Balaban J connectivity index is 2.36. The van der Waals surface area contributed by atoms with Crippen LogP contribution in [0.25, 0.3) is 0 Å². The van der Waals surface area contributed by atoms with Crippen LogP contribution in [-0.4, -0.2) is 11.2 Å². The van der Waals surface area contributed by atoms with Gasteiger partial charge in [0, 0.05) is 0 Å². The second-order valence-electron chi connectivity index (χ2n) is 6.16. The zero-order chi connectivity index (χ0) is 9.85. The Morgan fingerprint density at radius 1 is 1.15 bits per heavy atom. The second-order valence-corrected chi connectivity index (χ2v) is 6.16. The van der Waals surface area contributed by atoms with Crippen molar-refractivity contribution in [1.29, 1.82) is 0 Å². The highest BCUT2D eigenvalue weighted by Crippen LogP contribution is 2.64. The molecule has 0 aromatic heterocycles. The Morgan fingerprint density at radius 3 is 2.31 bits per heavy atom. The normalized spacial score (nSPS) is 53.8. The van der Waals surface area contributed by atoms with Crippen LogP contribution < -0.4 is 0 Å². The molecule has 2 saturated carbocycles. The summed E-state index contributed by atoms with van der Waals surface area (Å²) >= 11 is 0. The lowest BCUT2D eigenvalue weighted by atomic mass is 9.58. The average Bonchev–Trinajstić information content (AvgIpc) is 2.13. The van der Waals surface area contributed by atoms with Gasteiger partial charge in [0.1, 0.15) is 0 Å². The van der Waals surface area contributed by atoms with E-state index in [0.29, 0.717) is 10.8 Å². The Kier molecular flexibility index (Phi) is 1.83. The molecule has 2 bridgehead atoms. The summed E-state index contributed by atoms with van der Waals surface area (Å²) in [5, 5.41) is 9.81. The van der Waals surface area contributed by atoms with Crippen LogP contribution in [0.1, 0.15) is 47.0 Å². The van der Waals surface area contributed by atoms with E-state index >= 15 is 0 Å². The maximum absolute atomic E-state index is 9.81. The Morgan fingerprint density at radius 2 is 1.77 bits per heavy atom. The molecule has 2 rings (SSSR count). The molecule has 0 radical (unpaired) electrons. The lowest BCUT2D eigenvalue weighted by Crippen LogP contribution is -2.43. The van der Waals surface area contributed by atoms with Gasteiger partial charge in [-0.1, -0.05) is 27.7 Å². The molecule has 0 heterocycles. The van der Waals surface area contributed by atoms with E-state index in [-0.39, 0.29) is 6.10 Å². The predicted octanol–water partition coefficient (Wildman–Crippen LogP) is 2.83. The molecule has 0 saturated heterocycles. The average molecular weight is 182 g/mol. The van der Waals surface area contributed by atoms with Gasteiger partial charge >= 0.3 is 0 Å². The van der Waals surface area contributed by atoms with Crippen LogP contribution >= 0.6 is 0 Å². The molecule has 2 aliphatic carbocycles. The van der Waals surface area contributed by atoms with Gasteiger partial charge in [-0.3, -0.25) is 0 Å². The summed E-state index contributed by atoms with van der Waals surface area (Å²) in [6.07, 6.45) is 3.32. The van der Waals surface area contributed by atoms with Crippen LogP contribution in [0.3, 0.4) is 0 Å². The van der Waals surface area contributed by atoms with Crippen molar-refractivity contribution >= 4 is 0 Å². The minimum atomic E-state index is -0.0343. The first kappa shape index (κ1) is 9.51. The molecule has 0 aromatic carbocycles. The Labute approximate surface area is 81.5 Å². The van der Waals surface area contributed by atoms with Crippen molar-refractivity contribution in [3.8, 4) is 0 Å². The first-order valence-corrected chi connectivity index (χ1v) is 5.55. The molecule has 1 N–H and O–H groups in total. The van der Waals surface area contributed by atoms with Crippen LogP contribution in [0.15, 0.2) is 0 Å². The van der Waals surface area contributed by atoms with E-state index in [0.717, 1.165) is 24.7 Å². The highest BCUT2D eigenvalue weighted by atomic mass is 16.3. The predicted molar refractivity (Wildman–Crippen MR) is 54.4 cm³/mol. The van der Waals surface area contributed by atoms with E-state index < -0.39 is 0 Å².